The normalized spacial score (nSPS) is 14.6. The highest BCUT2D eigenvalue weighted by Gasteiger charge is 2.19. The highest BCUT2D eigenvalue weighted by Crippen LogP contribution is 2.13. The van der Waals surface area contributed by atoms with Gasteiger partial charge in [-0.05, 0) is 30.5 Å². The van der Waals surface area contributed by atoms with Crippen LogP contribution in [0.15, 0.2) is 24.3 Å². The molecule has 0 aliphatic rings. The van der Waals surface area contributed by atoms with E-state index in [1.54, 1.807) is 13.2 Å². The summed E-state index contributed by atoms with van der Waals surface area (Å²) in [6.45, 7) is 2.10. The van der Waals surface area contributed by atoms with E-state index in [2.05, 4.69) is 12.3 Å². The Morgan fingerprint density at radius 2 is 2.24 bits per heavy atom. The van der Waals surface area contributed by atoms with Crippen LogP contribution in [0.25, 0.3) is 0 Å². The third kappa shape index (κ3) is 4.42. The van der Waals surface area contributed by atoms with Crippen LogP contribution in [0.2, 0.25) is 0 Å². The summed E-state index contributed by atoms with van der Waals surface area (Å²) in [7, 11) is 1.68. The number of nitrogens with two attached hydrogens (primary N) is 1. The second kappa shape index (κ2) is 7.37. The molecule has 96 valence electrons. The zero-order chi connectivity index (χ0) is 12.7. The fraction of sp³-hybridized carbons (Fsp3) is 0.538. The largest absolute Gasteiger partial charge is 0.380 e. The molecule has 0 heterocycles. The first-order valence-corrected chi connectivity index (χ1v) is 5.94. The summed E-state index contributed by atoms with van der Waals surface area (Å²) >= 11 is 0. The van der Waals surface area contributed by atoms with Gasteiger partial charge in [-0.25, -0.2) is 4.39 Å². The molecule has 17 heavy (non-hydrogen) atoms. The van der Waals surface area contributed by atoms with Crippen LogP contribution in [-0.2, 0) is 11.2 Å². The fourth-order valence-corrected chi connectivity index (χ4v) is 1.98. The van der Waals surface area contributed by atoms with Crippen LogP contribution in [0.5, 0.6) is 0 Å². The van der Waals surface area contributed by atoms with Gasteiger partial charge in [-0.1, -0.05) is 25.5 Å². The number of nitrogens with one attached hydrogen (secondary N) is 1. The van der Waals surface area contributed by atoms with Crippen molar-refractivity contribution in [3.8, 4) is 0 Å². The quantitative estimate of drug-likeness (QED) is 0.566. The highest BCUT2D eigenvalue weighted by molar-refractivity contribution is 5.17. The lowest BCUT2D eigenvalue weighted by molar-refractivity contribution is 0.0609. The van der Waals surface area contributed by atoms with Crippen LogP contribution in [-0.4, -0.2) is 19.3 Å². The molecule has 0 amide bonds. The third-order valence-corrected chi connectivity index (χ3v) is 2.88. The van der Waals surface area contributed by atoms with Crippen molar-refractivity contribution in [1.29, 1.82) is 0 Å². The van der Waals surface area contributed by atoms with Crippen molar-refractivity contribution in [3.63, 3.8) is 0 Å². The van der Waals surface area contributed by atoms with Crippen LogP contribution in [0, 0.1) is 5.82 Å². The third-order valence-electron chi connectivity index (χ3n) is 2.88. The van der Waals surface area contributed by atoms with Gasteiger partial charge in [0.2, 0.25) is 0 Å². The molecule has 0 radical (unpaired) electrons. The van der Waals surface area contributed by atoms with Crippen molar-refractivity contribution >= 4 is 0 Å². The molecule has 1 aromatic carbocycles. The van der Waals surface area contributed by atoms with Crippen molar-refractivity contribution in [2.75, 3.05) is 7.11 Å². The van der Waals surface area contributed by atoms with E-state index >= 15 is 0 Å². The Labute approximate surface area is 102 Å². The second-order valence-corrected chi connectivity index (χ2v) is 4.17. The molecule has 0 bridgehead atoms. The zero-order valence-corrected chi connectivity index (χ0v) is 10.4. The first-order chi connectivity index (χ1) is 8.21. The van der Waals surface area contributed by atoms with E-state index in [1.165, 1.54) is 12.1 Å². The first kappa shape index (κ1) is 14.1. The van der Waals surface area contributed by atoms with Gasteiger partial charge in [0.25, 0.3) is 0 Å². The lowest BCUT2D eigenvalue weighted by Crippen LogP contribution is -2.46. The monoisotopic (exact) mass is 240 g/mol. The summed E-state index contributed by atoms with van der Waals surface area (Å²) in [5.74, 6) is 5.32. The van der Waals surface area contributed by atoms with Gasteiger partial charge in [0.05, 0.1) is 12.1 Å². The zero-order valence-electron chi connectivity index (χ0n) is 10.4. The van der Waals surface area contributed by atoms with E-state index in [0.717, 1.165) is 18.4 Å². The molecule has 1 rings (SSSR count). The molecule has 0 aliphatic carbocycles. The number of halogens is 1. The molecule has 0 aliphatic heterocycles. The minimum atomic E-state index is -0.220. The average molecular weight is 240 g/mol. The molecule has 2 atom stereocenters. The minimum absolute atomic E-state index is 0.00162. The Hall–Kier alpha value is -0.970. The molecule has 0 aromatic heterocycles. The van der Waals surface area contributed by atoms with Crippen LogP contribution in [0.4, 0.5) is 4.39 Å². The molecule has 4 heteroatoms. The van der Waals surface area contributed by atoms with E-state index in [0.29, 0.717) is 6.42 Å². The van der Waals surface area contributed by atoms with Crippen LogP contribution < -0.4 is 11.3 Å². The first-order valence-electron chi connectivity index (χ1n) is 5.94. The number of rotatable bonds is 7. The lowest BCUT2D eigenvalue weighted by Gasteiger charge is -2.25. The molecule has 2 unspecified atom stereocenters. The summed E-state index contributed by atoms with van der Waals surface area (Å²) in [4.78, 5) is 0. The van der Waals surface area contributed by atoms with Gasteiger partial charge < -0.3 is 4.74 Å². The summed E-state index contributed by atoms with van der Waals surface area (Å²) in [5.41, 5.74) is 3.68. The highest BCUT2D eigenvalue weighted by atomic mass is 19.1. The maximum atomic E-state index is 13.1. The van der Waals surface area contributed by atoms with E-state index in [1.807, 2.05) is 6.07 Å². The van der Waals surface area contributed by atoms with Crippen molar-refractivity contribution < 1.29 is 9.13 Å². The van der Waals surface area contributed by atoms with Gasteiger partial charge in [-0.15, -0.1) is 0 Å². The maximum Gasteiger partial charge on any atom is 0.123 e. The summed E-state index contributed by atoms with van der Waals surface area (Å²) < 4.78 is 18.5. The predicted octanol–water partition coefficient (Wildman–Crippen LogP) is 2.02. The smallest absolute Gasteiger partial charge is 0.123 e. The molecule has 1 aromatic rings. The Kier molecular flexibility index (Phi) is 6.11. The Morgan fingerprint density at radius 1 is 1.47 bits per heavy atom. The Balaban J connectivity index is 2.68. The van der Waals surface area contributed by atoms with Gasteiger partial charge in [0.15, 0.2) is 0 Å². The predicted molar refractivity (Wildman–Crippen MR) is 66.9 cm³/mol. The van der Waals surface area contributed by atoms with Gasteiger partial charge >= 0.3 is 0 Å². The van der Waals surface area contributed by atoms with E-state index in [9.17, 15) is 4.39 Å². The van der Waals surface area contributed by atoms with Gasteiger partial charge in [-0.2, -0.15) is 0 Å². The van der Waals surface area contributed by atoms with Crippen LogP contribution in [0.1, 0.15) is 25.3 Å². The van der Waals surface area contributed by atoms with Gasteiger partial charge in [-0.3, -0.25) is 11.3 Å². The molecule has 3 N–H and O–H groups in total. The number of benzene rings is 1. The van der Waals surface area contributed by atoms with E-state index in [4.69, 9.17) is 10.6 Å². The standard InChI is InChI=1S/C13H21FN2O/c1-3-5-13(17-2)12(16-15)9-10-6-4-7-11(14)8-10/h4,6-8,12-13,16H,3,5,9,15H2,1-2H3. The molecule has 0 saturated heterocycles. The number of hydrogen-bond donors (Lipinski definition) is 2. The Bertz CT molecular complexity index is 333. The van der Waals surface area contributed by atoms with Crippen molar-refractivity contribution in [2.45, 2.75) is 38.3 Å². The number of hydrazine groups is 1. The molecule has 3 nitrogen and oxygen atoms in total. The fourth-order valence-electron chi connectivity index (χ4n) is 1.98. The van der Waals surface area contributed by atoms with Crippen LogP contribution >= 0.6 is 0 Å². The topological polar surface area (TPSA) is 47.3 Å². The van der Waals surface area contributed by atoms with Crippen LogP contribution in [0.3, 0.4) is 0 Å². The second-order valence-electron chi connectivity index (χ2n) is 4.17. The Morgan fingerprint density at radius 3 is 2.76 bits per heavy atom. The summed E-state index contributed by atoms with van der Waals surface area (Å²) in [6.07, 6.45) is 2.67. The lowest BCUT2D eigenvalue weighted by atomic mass is 9.99. The van der Waals surface area contributed by atoms with Gasteiger partial charge in [0.1, 0.15) is 5.82 Å². The van der Waals surface area contributed by atoms with Gasteiger partial charge in [0, 0.05) is 7.11 Å². The van der Waals surface area contributed by atoms with E-state index in [-0.39, 0.29) is 18.0 Å². The number of ether oxygens (including phenoxy) is 1. The molecule has 0 saturated carbocycles. The van der Waals surface area contributed by atoms with Crippen molar-refractivity contribution in [2.24, 2.45) is 5.84 Å². The van der Waals surface area contributed by atoms with Crippen molar-refractivity contribution in [1.82, 2.24) is 5.43 Å². The maximum absolute atomic E-state index is 13.1. The number of methoxy groups -OCH3 is 1. The minimum Gasteiger partial charge on any atom is -0.380 e. The van der Waals surface area contributed by atoms with E-state index < -0.39 is 0 Å². The molecular formula is C13H21FN2O. The average Bonchev–Trinajstić information content (AvgIpc) is 2.33. The number of hydrogen-bond acceptors (Lipinski definition) is 3. The summed E-state index contributed by atoms with van der Waals surface area (Å²) in [5, 5.41) is 0. The molecule has 0 fully saturated rings. The molecular weight excluding hydrogens is 219 g/mol. The SMILES string of the molecule is CCCC(OC)C(Cc1cccc(F)c1)NN. The molecule has 0 spiro atoms. The van der Waals surface area contributed by atoms with Crippen molar-refractivity contribution in [3.05, 3.63) is 35.6 Å². The summed E-state index contributed by atoms with van der Waals surface area (Å²) in [6, 6.07) is 6.57.